The second-order valence-corrected chi connectivity index (χ2v) is 5.68. The van der Waals surface area contributed by atoms with Gasteiger partial charge in [0, 0.05) is 0 Å². The van der Waals surface area contributed by atoms with E-state index in [4.69, 9.17) is 5.73 Å². The van der Waals surface area contributed by atoms with E-state index in [2.05, 4.69) is 20.8 Å². The molecular weight excluding hydrogens is 244 g/mol. The van der Waals surface area contributed by atoms with Crippen molar-refractivity contribution in [2.45, 2.75) is 111 Å². The average molecular weight is 289 g/mol. The van der Waals surface area contributed by atoms with E-state index in [0.717, 1.165) is 6.54 Å². The summed E-state index contributed by atoms with van der Waals surface area (Å²) in [5.74, 6) is 0. The summed E-state index contributed by atoms with van der Waals surface area (Å²) in [6.07, 6.45) is 19.8. The van der Waals surface area contributed by atoms with E-state index in [9.17, 15) is 0 Å². The highest BCUT2D eigenvalue weighted by Crippen LogP contribution is 2.11. The van der Waals surface area contributed by atoms with Crippen LogP contribution in [0.15, 0.2) is 0 Å². The highest BCUT2D eigenvalue weighted by atomic mass is 14.5. The summed E-state index contributed by atoms with van der Waals surface area (Å²) in [7, 11) is 0. The molecule has 0 aromatic carbocycles. The smallest absolute Gasteiger partial charge is 0.00774 e. The summed E-state index contributed by atoms with van der Waals surface area (Å²) < 4.78 is 0. The number of nitrogens with two attached hydrogens (primary N) is 1. The molecule has 0 rings (SSSR count). The summed E-state index contributed by atoms with van der Waals surface area (Å²) in [6.45, 7) is 7.55. The van der Waals surface area contributed by atoms with Crippen LogP contribution in [0.1, 0.15) is 111 Å². The monoisotopic (exact) mass is 288 g/mol. The van der Waals surface area contributed by atoms with Crippen molar-refractivity contribution < 1.29 is 0 Å². The Morgan fingerprint density at radius 3 is 0.850 bits per heavy atom. The first kappa shape index (κ1) is 24.9. The average Bonchev–Trinajstić information content (AvgIpc) is 2.43. The van der Waals surface area contributed by atoms with Gasteiger partial charge in [0.15, 0.2) is 0 Å². The minimum absolute atomic E-state index is 0. The highest BCUT2D eigenvalue weighted by molar-refractivity contribution is 4.47. The molecule has 0 aliphatic rings. The van der Waals surface area contributed by atoms with E-state index < -0.39 is 0 Å². The van der Waals surface area contributed by atoms with E-state index in [1.54, 1.807) is 0 Å². The van der Waals surface area contributed by atoms with Gasteiger partial charge in [-0.15, -0.1) is 0 Å². The SMILES string of the molecule is CCCCCCCCCCCCCC.CCCCN.N. The molecule has 0 saturated carbocycles. The fourth-order valence-electron chi connectivity index (χ4n) is 2.12. The molecule has 2 nitrogen and oxygen atoms in total. The summed E-state index contributed by atoms with van der Waals surface area (Å²) in [5, 5.41) is 0. The van der Waals surface area contributed by atoms with Gasteiger partial charge in [-0.2, -0.15) is 0 Å². The molecule has 0 saturated heterocycles. The summed E-state index contributed by atoms with van der Waals surface area (Å²) >= 11 is 0. The lowest BCUT2D eigenvalue weighted by Gasteiger charge is -2.01. The molecule has 0 bridgehead atoms. The quantitative estimate of drug-likeness (QED) is 0.374. The third-order valence-electron chi connectivity index (χ3n) is 3.51. The number of rotatable bonds is 13. The molecule has 20 heavy (non-hydrogen) atoms. The zero-order valence-corrected chi connectivity index (χ0v) is 14.9. The second kappa shape index (κ2) is 27.3. The first-order valence-corrected chi connectivity index (χ1v) is 9.03. The first-order chi connectivity index (χ1) is 9.33. The van der Waals surface area contributed by atoms with E-state index in [1.165, 1.54) is 89.9 Å². The molecule has 0 atom stereocenters. The predicted octanol–water partition coefficient (Wildman–Crippen LogP) is 6.61. The molecule has 0 spiro atoms. The van der Waals surface area contributed by atoms with E-state index in [1.807, 2.05) is 0 Å². The fraction of sp³-hybridized carbons (Fsp3) is 1.00. The molecule has 0 aromatic rings. The third kappa shape index (κ3) is 30.7. The van der Waals surface area contributed by atoms with Crippen molar-refractivity contribution in [3.8, 4) is 0 Å². The zero-order chi connectivity index (χ0) is 14.6. The van der Waals surface area contributed by atoms with Gasteiger partial charge < -0.3 is 11.9 Å². The molecule has 0 aliphatic heterocycles. The van der Waals surface area contributed by atoms with Gasteiger partial charge in [-0.25, -0.2) is 0 Å². The zero-order valence-electron chi connectivity index (χ0n) is 14.9. The Labute approximate surface area is 129 Å². The Morgan fingerprint density at radius 2 is 0.700 bits per heavy atom. The van der Waals surface area contributed by atoms with Gasteiger partial charge in [-0.1, -0.05) is 104 Å². The van der Waals surface area contributed by atoms with Crippen LogP contribution in [0.5, 0.6) is 0 Å². The van der Waals surface area contributed by atoms with Crippen molar-refractivity contribution in [2.75, 3.05) is 6.54 Å². The Hall–Kier alpha value is -0.0800. The maximum absolute atomic E-state index is 5.14. The Kier molecular flexibility index (Phi) is 34.0. The van der Waals surface area contributed by atoms with Crippen LogP contribution >= 0.6 is 0 Å². The minimum atomic E-state index is 0. The third-order valence-corrected chi connectivity index (χ3v) is 3.51. The molecular formula is C18H44N2. The predicted molar refractivity (Wildman–Crippen MR) is 95.7 cm³/mol. The maximum Gasteiger partial charge on any atom is -0.00774 e. The normalized spacial score (nSPS) is 9.60. The van der Waals surface area contributed by atoms with Crippen molar-refractivity contribution in [3.05, 3.63) is 0 Å². The maximum atomic E-state index is 5.14. The molecule has 0 heterocycles. The molecule has 0 radical (unpaired) electrons. The summed E-state index contributed by atoms with van der Waals surface area (Å²) in [5.41, 5.74) is 5.14. The minimum Gasteiger partial charge on any atom is -0.344 e. The van der Waals surface area contributed by atoms with E-state index in [-0.39, 0.29) is 6.15 Å². The molecule has 126 valence electrons. The largest absolute Gasteiger partial charge is 0.344 e. The lowest BCUT2D eigenvalue weighted by molar-refractivity contribution is 0.548. The van der Waals surface area contributed by atoms with Gasteiger partial charge in [0.2, 0.25) is 0 Å². The molecule has 0 fully saturated rings. The molecule has 0 aliphatic carbocycles. The first-order valence-electron chi connectivity index (χ1n) is 9.03. The van der Waals surface area contributed by atoms with Gasteiger partial charge in [0.25, 0.3) is 0 Å². The summed E-state index contributed by atoms with van der Waals surface area (Å²) in [6, 6.07) is 0. The van der Waals surface area contributed by atoms with Crippen molar-refractivity contribution >= 4 is 0 Å². The van der Waals surface area contributed by atoms with Crippen LogP contribution in [0.3, 0.4) is 0 Å². The topological polar surface area (TPSA) is 61.0 Å². The molecule has 0 unspecified atom stereocenters. The molecule has 0 amide bonds. The van der Waals surface area contributed by atoms with Crippen LogP contribution < -0.4 is 11.9 Å². The van der Waals surface area contributed by atoms with Crippen LogP contribution in [-0.2, 0) is 0 Å². The van der Waals surface area contributed by atoms with Gasteiger partial charge in [0.05, 0.1) is 0 Å². The van der Waals surface area contributed by atoms with Gasteiger partial charge in [-0.3, -0.25) is 0 Å². The van der Waals surface area contributed by atoms with Crippen LogP contribution in [0.25, 0.3) is 0 Å². The summed E-state index contributed by atoms with van der Waals surface area (Å²) in [4.78, 5) is 0. The van der Waals surface area contributed by atoms with Gasteiger partial charge in [0.1, 0.15) is 0 Å². The second-order valence-electron chi connectivity index (χ2n) is 5.68. The van der Waals surface area contributed by atoms with Crippen molar-refractivity contribution in [2.24, 2.45) is 5.73 Å². The Bertz CT molecular complexity index is 113. The van der Waals surface area contributed by atoms with E-state index >= 15 is 0 Å². The van der Waals surface area contributed by atoms with Gasteiger partial charge in [-0.05, 0) is 13.0 Å². The van der Waals surface area contributed by atoms with E-state index in [0.29, 0.717) is 0 Å². The molecule has 5 N–H and O–H groups in total. The number of hydrogen-bond donors (Lipinski definition) is 2. The lowest BCUT2D eigenvalue weighted by atomic mass is 10.1. The molecule has 0 aromatic heterocycles. The Morgan fingerprint density at radius 1 is 0.450 bits per heavy atom. The number of unbranched alkanes of at least 4 members (excludes halogenated alkanes) is 12. The van der Waals surface area contributed by atoms with Crippen LogP contribution in [-0.4, -0.2) is 6.54 Å². The molecule has 2 heteroatoms. The van der Waals surface area contributed by atoms with Crippen molar-refractivity contribution in [1.82, 2.24) is 6.15 Å². The fourth-order valence-corrected chi connectivity index (χ4v) is 2.12. The van der Waals surface area contributed by atoms with Gasteiger partial charge >= 0.3 is 0 Å². The Balaban J connectivity index is -0.000000414. The lowest BCUT2D eigenvalue weighted by Crippen LogP contribution is -1.95. The highest BCUT2D eigenvalue weighted by Gasteiger charge is 1.91. The van der Waals surface area contributed by atoms with Crippen LogP contribution in [0.2, 0.25) is 0 Å². The van der Waals surface area contributed by atoms with Crippen molar-refractivity contribution in [3.63, 3.8) is 0 Å². The van der Waals surface area contributed by atoms with Crippen LogP contribution in [0, 0.1) is 0 Å². The van der Waals surface area contributed by atoms with Crippen molar-refractivity contribution in [1.29, 1.82) is 0 Å². The number of hydrogen-bond acceptors (Lipinski definition) is 2. The van der Waals surface area contributed by atoms with Crippen LogP contribution in [0.4, 0.5) is 0 Å². The standard InChI is InChI=1S/C14H30.C4H11N.H3N/c1-3-5-7-9-11-13-14-12-10-8-6-4-2;1-2-3-4-5;/h3-14H2,1-2H3;2-5H2,1H3;1H3.